The molecule has 1 aliphatic rings. The Hall–Kier alpha value is -1.53. The van der Waals surface area contributed by atoms with E-state index in [1.54, 1.807) is 0 Å². The van der Waals surface area contributed by atoms with Gasteiger partial charge in [-0.3, -0.25) is 10.1 Å². The number of carboxylic acids is 1. The topological polar surface area (TPSA) is 92.5 Å². The van der Waals surface area contributed by atoms with Crippen molar-refractivity contribution in [3.63, 3.8) is 0 Å². The van der Waals surface area contributed by atoms with Gasteiger partial charge in [-0.2, -0.15) is 0 Å². The maximum absolute atomic E-state index is 11.1. The van der Waals surface area contributed by atoms with Gasteiger partial charge in [0.25, 0.3) is 5.69 Å². The quantitative estimate of drug-likeness (QED) is 0.644. The summed E-state index contributed by atoms with van der Waals surface area (Å²) in [5, 5.41) is 22.9. The lowest BCUT2D eigenvalue weighted by atomic mass is 10.1. The van der Waals surface area contributed by atoms with Crippen LogP contribution in [0.4, 0.5) is 11.4 Å². The summed E-state index contributed by atoms with van der Waals surface area (Å²) in [6.07, 6.45) is 1.58. The molecule has 0 amide bonds. The van der Waals surface area contributed by atoms with E-state index in [9.17, 15) is 14.9 Å². The van der Waals surface area contributed by atoms with Crippen LogP contribution in [0.2, 0.25) is 10.0 Å². The van der Waals surface area contributed by atoms with Gasteiger partial charge in [0.2, 0.25) is 0 Å². The number of anilines is 1. The second-order valence-electron chi connectivity index (χ2n) is 4.34. The fourth-order valence-electron chi connectivity index (χ4n) is 1.78. The molecule has 0 aromatic heterocycles. The second kappa shape index (κ2) is 5.22. The monoisotopic (exact) mass is 304 g/mol. The highest BCUT2D eigenvalue weighted by Crippen LogP contribution is 2.38. The summed E-state index contributed by atoms with van der Waals surface area (Å²) in [6, 6.07) is 1.54. The Labute approximate surface area is 118 Å². The predicted octanol–water partition coefficient (Wildman–Crippen LogP) is 3.18. The number of nitrogens with one attached hydrogen (secondary N) is 1. The van der Waals surface area contributed by atoms with Gasteiger partial charge in [-0.15, -0.1) is 0 Å². The van der Waals surface area contributed by atoms with Crippen LogP contribution in [-0.2, 0) is 4.79 Å². The van der Waals surface area contributed by atoms with Crippen LogP contribution in [0.1, 0.15) is 12.8 Å². The highest BCUT2D eigenvalue weighted by molar-refractivity contribution is 6.42. The maximum Gasteiger partial charge on any atom is 0.326 e. The van der Waals surface area contributed by atoms with Crippen molar-refractivity contribution in [1.82, 2.24) is 0 Å². The highest BCUT2D eigenvalue weighted by Gasteiger charge is 2.37. The number of nitrogens with zero attached hydrogens (tertiary/aromatic N) is 1. The van der Waals surface area contributed by atoms with E-state index in [0.717, 1.165) is 18.9 Å². The number of hydrogen-bond acceptors (Lipinski definition) is 4. The van der Waals surface area contributed by atoms with Crippen molar-refractivity contribution in [3.05, 3.63) is 32.3 Å². The van der Waals surface area contributed by atoms with Gasteiger partial charge in [0, 0.05) is 6.07 Å². The van der Waals surface area contributed by atoms with Gasteiger partial charge in [-0.1, -0.05) is 23.2 Å². The summed E-state index contributed by atoms with van der Waals surface area (Å²) in [6.45, 7) is 0. The molecule has 2 N–H and O–H groups in total. The van der Waals surface area contributed by atoms with Crippen molar-refractivity contribution in [2.45, 2.75) is 18.9 Å². The summed E-state index contributed by atoms with van der Waals surface area (Å²) < 4.78 is 0. The smallest absolute Gasteiger partial charge is 0.326 e. The minimum atomic E-state index is -1.04. The molecule has 1 aromatic rings. The highest BCUT2D eigenvalue weighted by atomic mass is 35.5. The third-order valence-electron chi connectivity index (χ3n) is 2.91. The van der Waals surface area contributed by atoms with Gasteiger partial charge in [0.05, 0.1) is 15.0 Å². The van der Waals surface area contributed by atoms with Crippen molar-refractivity contribution >= 4 is 40.5 Å². The van der Waals surface area contributed by atoms with Crippen molar-refractivity contribution < 1.29 is 14.8 Å². The summed E-state index contributed by atoms with van der Waals surface area (Å²) in [5.74, 6) is -1.05. The number of nitro groups is 1. The van der Waals surface area contributed by atoms with Crippen molar-refractivity contribution in [2.24, 2.45) is 5.92 Å². The van der Waals surface area contributed by atoms with E-state index in [1.165, 1.54) is 6.07 Å². The maximum atomic E-state index is 11.1. The molecule has 1 aliphatic carbocycles. The molecule has 1 fully saturated rings. The van der Waals surface area contributed by atoms with E-state index in [2.05, 4.69) is 5.32 Å². The fraction of sp³-hybridized carbons (Fsp3) is 0.364. The molecule has 1 atom stereocenters. The fourth-order valence-corrected chi connectivity index (χ4v) is 2.10. The molecular formula is C11H10Cl2N2O4. The molecule has 0 radical (unpaired) electrons. The van der Waals surface area contributed by atoms with E-state index in [-0.39, 0.29) is 27.3 Å². The standard InChI is InChI=1S/C11H10Cl2N2O4/c12-6-3-8(9(15(18)19)4-7(6)13)14-10(11(16)17)5-1-2-5/h3-5,10,14H,1-2H2,(H,16,17). The summed E-state index contributed by atoms with van der Waals surface area (Å²) in [5.41, 5.74) is -0.222. The van der Waals surface area contributed by atoms with Gasteiger partial charge in [-0.25, -0.2) is 4.79 Å². The SMILES string of the molecule is O=C(O)C(Nc1cc(Cl)c(Cl)cc1[N+](=O)[O-])C1CC1. The average Bonchev–Trinajstić information content (AvgIpc) is 3.13. The van der Waals surface area contributed by atoms with Crippen LogP contribution in [0.25, 0.3) is 0 Å². The first-order valence-electron chi connectivity index (χ1n) is 5.53. The molecule has 19 heavy (non-hydrogen) atoms. The van der Waals surface area contributed by atoms with E-state index in [4.69, 9.17) is 28.3 Å². The number of aliphatic carboxylic acids is 1. The van der Waals surface area contributed by atoms with Crippen LogP contribution >= 0.6 is 23.2 Å². The number of halogens is 2. The van der Waals surface area contributed by atoms with Crippen molar-refractivity contribution in [1.29, 1.82) is 0 Å². The van der Waals surface area contributed by atoms with Crippen LogP contribution in [0.5, 0.6) is 0 Å². The van der Waals surface area contributed by atoms with Gasteiger partial charge >= 0.3 is 5.97 Å². The van der Waals surface area contributed by atoms with Crippen molar-refractivity contribution in [3.8, 4) is 0 Å². The van der Waals surface area contributed by atoms with Gasteiger partial charge in [0.15, 0.2) is 0 Å². The minimum Gasteiger partial charge on any atom is -0.480 e. The Morgan fingerprint density at radius 2 is 2.00 bits per heavy atom. The van der Waals surface area contributed by atoms with Crippen molar-refractivity contribution in [2.75, 3.05) is 5.32 Å². The zero-order valence-electron chi connectivity index (χ0n) is 9.60. The van der Waals surface area contributed by atoms with Crippen LogP contribution < -0.4 is 5.32 Å². The van der Waals surface area contributed by atoms with E-state index in [1.807, 2.05) is 0 Å². The number of benzene rings is 1. The Morgan fingerprint density at radius 1 is 1.42 bits per heavy atom. The normalized spacial score (nSPS) is 15.9. The number of nitro benzene ring substituents is 1. The molecule has 0 aliphatic heterocycles. The van der Waals surface area contributed by atoms with Crippen LogP contribution in [0, 0.1) is 16.0 Å². The van der Waals surface area contributed by atoms with E-state index >= 15 is 0 Å². The zero-order chi connectivity index (χ0) is 14.2. The van der Waals surface area contributed by atoms with Crippen LogP contribution in [0.3, 0.4) is 0 Å². The third-order valence-corrected chi connectivity index (χ3v) is 3.63. The lowest BCUT2D eigenvalue weighted by Crippen LogP contribution is -2.31. The average molecular weight is 305 g/mol. The Morgan fingerprint density at radius 3 is 2.47 bits per heavy atom. The zero-order valence-corrected chi connectivity index (χ0v) is 11.1. The first kappa shape index (κ1) is 13.9. The first-order valence-corrected chi connectivity index (χ1v) is 6.28. The number of rotatable bonds is 5. The molecular weight excluding hydrogens is 295 g/mol. The van der Waals surface area contributed by atoms with E-state index in [0.29, 0.717) is 0 Å². The molecule has 1 unspecified atom stereocenters. The largest absolute Gasteiger partial charge is 0.480 e. The molecule has 0 saturated heterocycles. The molecule has 0 spiro atoms. The Kier molecular flexibility index (Phi) is 3.82. The Balaban J connectivity index is 2.34. The summed E-state index contributed by atoms with van der Waals surface area (Å²) >= 11 is 11.5. The lowest BCUT2D eigenvalue weighted by molar-refractivity contribution is -0.384. The molecule has 0 bridgehead atoms. The third kappa shape index (κ3) is 3.08. The van der Waals surface area contributed by atoms with Crippen LogP contribution in [0.15, 0.2) is 12.1 Å². The van der Waals surface area contributed by atoms with Crippen LogP contribution in [-0.4, -0.2) is 22.0 Å². The summed E-state index contributed by atoms with van der Waals surface area (Å²) in [4.78, 5) is 21.4. The molecule has 6 nitrogen and oxygen atoms in total. The number of carbonyl (C=O) groups is 1. The molecule has 8 heteroatoms. The summed E-state index contributed by atoms with van der Waals surface area (Å²) in [7, 11) is 0. The Bertz CT molecular complexity index is 546. The molecule has 2 rings (SSSR count). The van der Waals surface area contributed by atoms with Gasteiger partial charge in [-0.05, 0) is 24.8 Å². The predicted molar refractivity (Wildman–Crippen MR) is 70.9 cm³/mol. The minimum absolute atomic E-state index is 0.00782. The first-order chi connectivity index (χ1) is 8.90. The molecule has 1 aromatic carbocycles. The molecule has 1 saturated carbocycles. The number of carboxylic acid groups (broad SMARTS) is 1. The van der Waals surface area contributed by atoms with Gasteiger partial charge < -0.3 is 10.4 Å². The molecule has 102 valence electrons. The second-order valence-corrected chi connectivity index (χ2v) is 5.15. The molecule has 0 heterocycles. The lowest BCUT2D eigenvalue weighted by Gasteiger charge is -2.15. The van der Waals surface area contributed by atoms with E-state index < -0.39 is 16.9 Å². The van der Waals surface area contributed by atoms with Gasteiger partial charge in [0.1, 0.15) is 11.7 Å². The number of hydrogen-bond donors (Lipinski definition) is 2.